The van der Waals surface area contributed by atoms with Crippen molar-refractivity contribution in [3.05, 3.63) is 24.3 Å². The highest BCUT2D eigenvalue weighted by Crippen LogP contribution is 2.40. The average Bonchev–Trinajstić information content (AvgIpc) is 2.91. The van der Waals surface area contributed by atoms with E-state index in [0.717, 1.165) is 22.9 Å². The number of benzene rings is 1. The van der Waals surface area contributed by atoms with Crippen LogP contribution in [0.25, 0.3) is 0 Å². The quantitative estimate of drug-likeness (QED) is 0.101. The van der Waals surface area contributed by atoms with Gasteiger partial charge in [-0.2, -0.15) is 0 Å². The Hall–Kier alpha value is 0.930. The second kappa shape index (κ2) is 26.5. The van der Waals surface area contributed by atoms with Gasteiger partial charge >= 0.3 is 0 Å². The molecule has 1 rings (SSSR count). The predicted molar refractivity (Wildman–Crippen MR) is 148 cm³/mol. The van der Waals surface area contributed by atoms with Crippen molar-refractivity contribution in [2.75, 3.05) is 82.2 Å². The minimum Gasteiger partial charge on any atom is -0.392 e. The first kappa shape index (κ1) is 38.1. The topological polar surface area (TPSA) is 223 Å². The molecule has 0 aliphatic heterocycles. The molecule has 0 saturated carbocycles. The van der Waals surface area contributed by atoms with Crippen molar-refractivity contribution in [2.24, 2.45) is 0 Å². The van der Waals surface area contributed by atoms with Crippen LogP contribution >= 0.6 is 39.6 Å². The molecule has 0 unspecified atom stereocenters. The largest absolute Gasteiger partial charge is 0.392 e. The third kappa shape index (κ3) is 17.2. The van der Waals surface area contributed by atoms with Crippen molar-refractivity contribution in [3.8, 4) is 0 Å². The smallest absolute Gasteiger partial charge is 0.0688 e. The van der Waals surface area contributed by atoms with Gasteiger partial charge in [0, 0.05) is 0 Å². The van der Waals surface area contributed by atoms with E-state index in [0.29, 0.717) is 0 Å². The third-order valence-corrected chi connectivity index (χ3v) is 12.9. The van der Waals surface area contributed by atoms with Crippen molar-refractivity contribution in [1.29, 1.82) is 0 Å². The first-order valence-corrected chi connectivity index (χ1v) is 19.5. The van der Waals surface area contributed by atoms with Gasteiger partial charge < -0.3 is 56.2 Å². The van der Waals surface area contributed by atoms with E-state index in [4.69, 9.17) is 35.7 Å². The maximum Gasteiger partial charge on any atom is 0.0688 e. The van der Waals surface area contributed by atoms with E-state index in [2.05, 4.69) is 0 Å². The Labute approximate surface area is 212 Å². The minimum atomic E-state index is -1.01. The molecule has 0 bridgehead atoms. The molecule has 11 nitrogen and oxygen atoms in total. The highest BCUT2D eigenvalue weighted by Gasteiger charge is 2.18. The monoisotopic (exact) mass is 600 g/mol. The molecule has 0 aromatic heterocycles. The lowest BCUT2D eigenvalue weighted by atomic mass is 10.4. The van der Waals surface area contributed by atoms with Crippen LogP contribution in [0.4, 0.5) is 0 Å². The van der Waals surface area contributed by atoms with Gasteiger partial charge in [0.05, 0.1) is 69.8 Å². The molecule has 0 fully saturated rings. The number of aliphatic hydroxyl groups is 11. The molecule has 11 N–H and O–H groups in total. The first-order chi connectivity index (χ1) is 16.9. The van der Waals surface area contributed by atoms with Crippen LogP contribution in [-0.4, -0.2) is 138 Å². The first-order valence-electron chi connectivity index (χ1n) is 10.4. The van der Waals surface area contributed by atoms with Crippen LogP contribution in [0.15, 0.2) is 24.3 Å². The highest BCUT2D eigenvalue weighted by molar-refractivity contribution is 7.71. The molecule has 1 aromatic rings. The number of hydrogen-bond donors (Lipinski definition) is 11. The standard InChI is InChI=1S/C10H16O4P2.C6H16O4P2.C3H9O3P/c11-5-15(6-12)9-3-1-2-4-10(9)16(7-13)8-14;7-3-11(4-8)1-2-12(5-9)6-10;4-1-7(2-5)3-6/h1-4,11-14H,5-8H2;7-10H,1-6H2;4-6H,1-3H2. The van der Waals surface area contributed by atoms with Crippen molar-refractivity contribution >= 4 is 50.2 Å². The summed E-state index contributed by atoms with van der Waals surface area (Å²) < 4.78 is 0. The normalized spacial score (nSPS) is 11.2. The number of rotatable bonds is 16. The summed E-state index contributed by atoms with van der Waals surface area (Å²) in [5.74, 6) is 0. The second-order valence-electron chi connectivity index (χ2n) is 6.58. The molecule has 0 aliphatic carbocycles. The lowest BCUT2D eigenvalue weighted by Gasteiger charge is -2.21. The summed E-state index contributed by atoms with van der Waals surface area (Å²) in [6.07, 6.45) is 1.03. The van der Waals surface area contributed by atoms with Gasteiger partial charge in [-0.15, -0.1) is 0 Å². The molecule has 0 radical (unpaired) electrons. The molecule has 0 spiro atoms. The molecule has 0 saturated heterocycles. The fourth-order valence-electron chi connectivity index (χ4n) is 2.18. The molecular formula is C19H41O11P5. The van der Waals surface area contributed by atoms with E-state index in [9.17, 15) is 20.4 Å². The molecule has 208 valence electrons. The van der Waals surface area contributed by atoms with Crippen LogP contribution in [0.3, 0.4) is 0 Å². The second-order valence-corrected chi connectivity index (χ2v) is 17.7. The zero-order valence-electron chi connectivity index (χ0n) is 19.7. The Bertz CT molecular complexity index is 525. The van der Waals surface area contributed by atoms with Crippen molar-refractivity contribution in [2.45, 2.75) is 0 Å². The van der Waals surface area contributed by atoms with E-state index in [1.54, 1.807) is 0 Å². The van der Waals surface area contributed by atoms with Gasteiger partial charge in [0.15, 0.2) is 0 Å². The van der Waals surface area contributed by atoms with Crippen LogP contribution in [0.2, 0.25) is 0 Å². The molecular weight excluding hydrogens is 559 g/mol. The number of aliphatic hydroxyl groups excluding tert-OH is 11. The van der Waals surface area contributed by atoms with Gasteiger partial charge in [-0.3, -0.25) is 0 Å². The van der Waals surface area contributed by atoms with Gasteiger partial charge in [0.25, 0.3) is 0 Å². The summed E-state index contributed by atoms with van der Waals surface area (Å²) in [5.41, 5.74) is 0. The maximum atomic E-state index is 9.18. The lowest BCUT2D eigenvalue weighted by molar-refractivity contribution is 0.319. The molecule has 0 amide bonds. The van der Waals surface area contributed by atoms with E-state index in [1.165, 1.54) is 0 Å². The molecule has 0 heterocycles. The Morgan fingerprint density at radius 1 is 0.371 bits per heavy atom. The van der Waals surface area contributed by atoms with Crippen LogP contribution in [0.1, 0.15) is 0 Å². The summed E-state index contributed by atoms with van der Waals surface area (Å²) in [5, 5.41) is 98.1. The molecule has 0 atom stereocenters. The summed E-state index contributed by atoms with van der Waals surface area (Å²) in [4.78, 5) is 0. The van der Waals surface area contributed by atoms with E-state index in [1.807, 2.05) is 24.3 Å². The summed E-state index contributed by atoms with van der Waals surface area (Å²) in [7, 11) is -4.30. The van der Waals surface area contributed by atoms with Crippen molar-refractivity contribution in [3.63, 3.8) is 0 Å². The molecule has 1 aromatic carbocycles. The van der Waals surface area contributed by atoms with Gasteiger partial charge in [0.1, 0.15) is 0 Å². The van der Waals surface area contributed by atoms with Crippen molar-refractivity contribution in [1.82, 2.24) is 0 Å². The Morgan fingerprint density at radius 2 is 0.629 bits per heavy atom. The maximum absolute atomic E-state index is 9.18. The third-order valence-electron chi connectivity index (χ3n) is 4.38. The summed E-state index contributed by atoms with van der Waals surface area (Å²) in [6, 6.07) is 7.35. The van der Waals surface area contributed by atoms with Crippen LogP contribution in [0.5, 0.6) is 0 Å². The van der Waals surface area contributed by atoms with Crippen LogP contribution in [-0.2, 0) is 0 Å². The Morgan fingerprint density at radius 3 is 0.800 bits per heavy atom. The van der Waals surface area contributed by atoms with Gasteiger partial charge in [-0.25, -0.2) is 0 Å². The number of hydrogen-bond acceptors (Lipinski definition) is 11. The minimum absolute atomic E-state index is 0.0336. The van der Waals surface area contributed by atoms with Crippen LogP contribution in [0, 0.1) is 0 Å². The van der Waals surface area contributed by atoms with E-state index in [-0.39, 0.29) is 69.8 Å². The zero-order chi connectivity index (χ0) is 27.1. The van der Waals surface area contributed by atoms with Crippen molar-refractivity contribution < 1.29 is 56.2 Å². The molecule has 35 heavy (non-hydrogen) atoms. The van der Waals surface area contributed by atoms with Gasteiger partial charge in [-0.05, 0) is 46.7 Å². The van der Waals surface area contributed by atoms with E-state index < -0.39 is 39.6 Å². The lowest BCUT2D eigenvalue weighted by Crippen LogP contribution is -2.25. The predicted octanol–water partition coefficient (Wildman–Crippen LogP) is -1.23. The molecule has 0 aliphatic rings. The summed E-state index contributed by atoms with van der Waals surface area (Å²) >= 11 is 0. The van der Waals surface area contributed by atoms with E-state index >= 15 is 0 Å². The average molecular weight is 600 g/mol. The highest BCUT2D eigenvalue weighted by atomic mass is 31.1. The van der Waals surface area contributed by atoms with Gasteiger partial charge in [0.2, 0.25) is 0 Å². The van der Waals surface area contributed by atoms with Crippen LogP contribution < -0.4 is 10.6 Å². The zero-order valence-corrected chi connectivity index (χ0v) is 24.1. The Balaban J connectivity index is 0. The SMILES string of the molecule is OCP(CO)CCP(CO)CO.OCP(CO)CO.OCP(CO)c1ccccc1P(CO)CO. The fraction of sp³-hybridized carbons (Fsp3) is 0.684. The fourth-order valence-corrected chi connectivity index (χ4v) is 8.49. The Kier molecular flexibility index (Phi) is 28.9. The van der Waals surface area contributed by atoms with Gasteiger partial charge in [-0.1, -0.05) is 40.1 Å². The summed E-state index contributed by atoms with van der Waals surface area (Å²) in [6.45, 7) is 0. The molecule has 16 heteroatoms.